The summed E-state index contributed by atoms with van der Waals surface area (Å²) in [5.74, 6) is 0.755. The zero-order chi connectivity index (χ0) is 43.0. The molecule has 8 heterocycles. The molecule has 2 aliphatic carbocycles. The Morgan fingerprint density at radius 3 is 1.47 bits per heavy atom. The molecule has 4 bridgehead atoms. The lowest BCUT2D eigenvalue weighted by Gasteiger charge is -2.60. The summed E-state index contributed by atoms with van der Waals surface area (Å²) in [4.78, 5) is 50.9. The quantitative estimate of drug-likeness (QED) is 0.168. The molecule has 16 atom stereocenters. The second kappa shape index (κ2) is 16.3. The molecule has 0 radical (unpaired) electrons. The van der Waals surface area contributed by atoms with Crippen LogP contribution in [0.1, 0.15) is 126 Å². The van der Waals surface area contributed by atoms with Gasteiger partial charge in [-0.2, -0.15) is 0 Å². The molecule has 62 heavy (non-hydrogen) atoms. The van der Waals surface area contributed by atoms with Crippen molar-refractivity contribution in [2.45, 2.75) is 154 Å². The van der Waals surface area contributed by atoms with E-state index in [0.717, 1.165) is 51.4 Å². The number of carbonyl (C=O) groups is 2. The lowest BCUT2D eigenvalue weighted by atomic mass is 9.58. The predicted octanol–water partition coefficient (Wildman–Crippen LogP) is 7.80. The molecular weight excluding hydrogens is 797 g/mol. The smallest absolute Gasteiger partial charge is 0.251 e. The first kappa shape index (κ1) is 42.6. The second-order valence-electron chi connectivity index (χ2n) is 20.1. The first-order valence-electron chi connectivity index (χ1n) is 23.3. The maximum atomic E-state index is 13.2. The fraction of sp³-hybridized carbons (Fsp3) is 0.708. The molecule has 8 saturated heterocycles. The van der Waals surface area contributed by atoms with Crippen LogP contribution in [0, 0.1) is 47.3 Å². The van der Waals surface area contributed by atoms with Crippen LogP contribution in [0.2, 0.25) is 0 Å². The average Bonchev–Trinajstić information content (AvgIpc) is 3.64. The highest BCUT2D eigenvalue weighted by Gasteiger charge is 2.71. The molecule has 10 fully saturated rings. The minimum atomic E-state index is -0.863. The molecule has 10 aliphatic rings. The molecular formula is C48H64N2O12. The zero-order valence-electron chi connectivity index (χ0n) is 36.9. The van der Waals surface area contributed by atoms with E-state index in [9.17, 15) is 9.59 Å². The summed E-state index contributed by atoms with van der Waals surface area (Å²) in [6.45, 7) is 13.6. The van der Waals surface area contributed by atoms with Crippen molar-refractivity contribution >= 4 is 11.8 Å². The van der Waals surface area contributed by atoms with Gasteiger partial charge >= 0.3 is 0 Å². The van der Waals surface area contributed by atoms with E-state index in [1.165, 1.54) is 0 Å². The van der Waals surface area contributed by atoms with Crippen molar-refractivity contribution in [3.05, 3.63) is 59.7 Å². The van der Waals surface area contributed by atoms with Gasteiger partial charge in [-0.25, -0.2) is 19.6 Å². The third-order valence-electron chi connectivity index (χ3n) is 16.1. The third kappa shape index (κ3) is 7.24. The van der Waals surface area contributed by atoms with Gasteiger partial charge in [0.1, 0.15) is 11.5 Å². The van der Waals surface area contributed by atoms with Gasteiger partial charge in [0.05, 0.1) is 0 Å². The molecule has 14 heteroatoms. The first-order chi connectivity index (χ1) is 29.8. The van der Waals surface area contributed by atoms with Gasteiger partial charge in [0, 0.05) is 60.7 Å². The van der Waals surface area contributed by atoms with E-state index in [4.69, 9.17) is 48.0 Å². The van der Waals surface area contributed by atoms with E-state index in [-0.39, 0.29) is 47.3 Å². The Bertz CT molecular complexity index is 1860. The van der Waals surface area contributed by atoms with Crippen molar-refractivity contribution < 1.29 is 57.6 Å². The lowest BCUT2D eigenvalue weighted by Crippen LogP contribution is -2.70. The van der Waals surface area contributed by atoms with Crippen LogP contribution in [0.4, 0.5) is 0 Å². The summed E-state index contributed by atoms with van der Waals surface area (Å²) < 4.78 is 39.1. The van der Waals surface area contributed by atoms with Crippen LogP contribution >= 0.6 is 0 Å². The van der Waals surface area contributed by atoms with Gasteiger partial charge in [-0.3, -0.25) is 9.59 Å². The first-order valence-corrected chi connectivity index (χ1v) is 23.3. The molecule has 6 unspecified atom stereocenters. The van der Waals surface area contributed by atoms with Crippen LogP contribution in [-0.4, -0.2) is 72.8 Å². The lowest BCUT2D eigenvalue weighted by molar-refractivity contribution is -0.575. The van der Waals surface area contributed by atoms with Crippen LogP contribution in [0.25, 0.3) is 0 Å². The summed E-state index contributed by atoms with van der Waals surface area (Å²) in [5, 5.41) is 6.02. The Morgan fingerprint density at radius 2 is 1.03 bits per heavy atom. The van der Waals surface area contributed by atoms with Crippen molar-refractivity contribution in [1.29, 1.82) is 0 Å². The molecule has 12 rings (SSSR count). The number of hydrogen-bond acceptors (Lipinski definition) is 12. The molecule has 2 aromatic carbocycles. The van der Waals surface area contributed by atoms with Gasteiger partial charge in [-0.1, -0.05) is 39.8 Å². The molecule has 338 valence electrons. The minimum absolute atomic E-state index is 0.00519. The van der Waals surface area contributed by atoms with Crippen molar-refractivity contribution in [1.82, 2.24) is 10.6 Å². The molecule has 2 N–H and O–H groups in total. The standard InChI is InChI=1S/C48H64N2O12/c1-27-15-17-37-29(3)41(55-43-47(37)35(27)19-21-45(5,57-43)59-61-47)53-33-13-9-11-31(25-33)39(51)49-23-7-8-24-50-40(52)32-12-10-14-34(26-32)54-42-30(4)38-18-16-28(2)36-20-22-46(6)58-44(56-42)48(36,38)62-60-46/h9-14,25-30,35-38,41-44H,7-8,15-24H2,1-6H3,(H,49,51)(H,50,52)/t27-,28-,29-,30-,35?,36?,37?,38?,41+,42+,43?,44?,45+,46+,47-,48-/m1/s1. The zero-order valence-corrected chi connectivity index (χ0v) is 36.9. The second-order valence-corrected chi connectivity index (χ2v) is 20.1. The number of carbonyl (C=O) groups excluding carboxylic acids is 2. The molecule has 0 aromatic heterocycles. The third-order valence-corrected chi connectivity index (χ3v) is 16.1. The number of benzene rings is 2. The number of amides is 2. The van der Waals surface area contributed by atoms with Crippen molar-refractivity contribution in [2.75, 3.05) is 13.1 Å². The highest BCUT2D eigenvalue weighted by molar-refractivity contribution is 5.95. The molecule has 2 spiro atoms. The van der Waals surface area contributed by atoms with Crippen LogP contribution in [0.5, 0.6) is 11.5 Å². The molecule has 2 saturated carbocycles. The number of rotatable bonds is 11. The van der Waals surface area contributed by atoms with Crippen LogP contribution < -0.4 is 20.1 Å². The van der Waals surface area contributed by atoms with Gasteiger partial charge in [-0.15, -0.1) is 0 Å². The number of nitrogens with one attached hydrogen (secondary N) is 2. The fourth-order valence-electron chi connectivity index (χ4n) is 12.6. The van der Waals surface area contributed by atoms with Gasteiger partial charge in [0.25, 0.3) is 11.8 Å². The average molecular weight is 861 g/mol. The maximum absolute atomic E-state index is 13.2. The molecule has 8 aliphatic heterocycles. The van der Waals surface area contributed by atoms with Gasteiger partial charge in [0.2, 0.25) is 24.2 Å². The topological polar surface area (TPSA) is 150 Å². The molecule has 14 nitrogen and oxygen atoms in total. The highest BCUT2D eigenvalue weighted by Crippen LogP contribution is 2.62. The Hall–Kier alpha value is -3.34. The van der Waals surface area contributed by atoms with E-state index in [1.54, 1.807) is 24.3 Å². The van der Waals surface area contributed by atoms with Gasteiger partial charge in [-0.05, 0) is 125 Å². The Balaban J connectivity index is 0.691. The highest BCUT2D eigenvalue weighted by atomic mass is 17.3. The predicted molar refractivity (Wildman–Crippen MR) is 222 cm³/mol. The SMILES string of the molecule is C[C@@H]1CCC2[C@@H](C)[C@@H](Oc3cccc(C(=O)NCCCCNC(=O)c4cccc(O[C@H]5OC6O[C@]7(C)CCC8[C@H](C)CCC([C@H]5C)[C@@]68OO7)c4)c3)OC3O[C@]4(C)CCC1[C@]32OO4. The Kier molecular flexibility index (Phi) is 11.2. The Morgan fingerprint density at radius 1 is 0.597 bits per heavy atom. The van der Waals surface area contributed by atoms with E-state index < -0.39 is 47.9 Å². The number of unbranched alkanes of at least 4 members (excludes halogenated alkanes) is 1. The summed E-state index contributed by atoms with van der Waals surface area (Å²) in [6.07, 6.45) is 6.56. The summed E-state index contributed by atoms with van der Waals surface area (Å²) in [7, 11) is 0. The molecule has 2 aromatic rings. The van der Waals surface area contributed by atoms with Crippen molar-refractivity contribution in [3.63, 3.8) is 0 Å². The largest absolute Gasteiger partial charge is 0.465 e. The monoisotopic (exact) mass is 860 g/mol. The normalized spacial score (nSPS) is 43.9. The van der Waals surface area contributed by atoms with E-state index in [2.05, 4.69) is 38.3 Å². The summed E-state index contributed by atoms with van der Waals surface area (Å²) in [6, 6.07) is 14.4. The van der Waals surface area contributed by atoms with E-state index in [0.29, 0.717) is 60.4 Å². The summed E-state index contributed by atoms with van der Waals surface area (Å²) in [5.41, 5.74) is -0.343. The van der Waals surface area contributed by atoms with E-state index >= 15 is 0 Å². The van der Waals surface area contributed by atoms with Crippen LogP contribution in [0.3, 0.4) is 0 Å². The fourth-order valence-corrected chi connectivity index (χ4v) is 12.6. The number of ether oxygens (including phenoxy) is 6. The number of hydrogen-bond donors (Lipinski definition) is 2. The van der Waals surface area contributed by atoms with Crippen LogP contribution in [-0.2, 0) is 38.5 Å². The molecule has 2 amide bonds. The summed E-state index contributed by atoms with van der Waals surface area (Å²) >= 11 is 0. The minimum Gasteiger partial charge on any atom is -0.465 e. The van der Waals surface area contributed by atoms with Crippen molar-refractivity contribution in [3.8, 4) is 11.5 Å². The maximum Gasteiger partial charge on any atom is 0.251 e. The van der Waals surface area contributed by atoms with Crippen molar-refractivity contribution in [2.24, 2.45) is 47.3 Å². The Labute approximate surface area is 364 Å². The number of fused-ring (bicyclic) bond motifs is 4. The van der Waals surface area contributed by atoms with Crippen LogP contribution in [0.15, 0.2) is 48.5 Å². The van der Waals surface area contributed by atoms with Gasteiger partial charge in [0.15, 0.2) is 23.8 Å². The van der Waals surface area contributed by atoms with Gasteiger partial charge < -0.3 is 39.1 Å². The van der Waals surface area contributed by atoms with E-state index in [1.807, 2.05) is 38.1 Å².